The summed E-state index contributed by atoms with van der Waals surface area (Å²) in [7, 11) is 0. The molecule has 2 heterocycles. The van der Waals surface area contributed by atoms with Gasteiger partial charge in [-0.25, -0.2) is 4.98 Å². The summed E-state index contributed by atoms with van der Waals surface area (Å²) in [5.74, 6) is 1.76. The van der Waals surface area contributed by atoms with E-state index in [0.29, 0.717) is 0 Å². The number of hydrogen-bond acceptors (Lipinski definition) is 1. The Hall–Kier alpha value is -2.35. The van der Waals surface area contributed by atoms with E-state index in [-0.39, 0.29) is 0 Å². The van der Waals surface area contributed by atoms with Crippen LogP contribution < -0.4 is 0 Å². The van der Waals surface area contributed by atoms with E-state index in [2.05, 4.69) is 64.3 Å². The van der Waals surface area contributed by atoms with E-state index in [9.17, 15) is 0 Å². The maximum atomic E-state index is 4.34. The van der Waals surface area contributed by atoms with Gasteiger partial charge in [-0.05, 0) is 72.3 Å². The molecule has 2 heteroatoms. The van der Waals surface area contributed by atoms with Crippen molar-refractivity contribution in [3.63, 3.8) is 0 Å². The van der Waals surface area contributed by atoms with Gasteiger partial charge in [0.25, 0.3) is 0 Å². The first kappa shape index (κ1) is 18.7. The van der Waals surface area contributed by atoms with E-state index in [1.807, 2.05) is 6.33 Å². The quantitative estimate of drug-likeness (QED) is 0.476. The van der Waals surface area contributed by atoms with Crippen molar-refractivity contribution in [3.05, 3.63) is 77.4 Å². The molecule has 3 aromatic rings. The molecule has 0 unspecified atom stereocenters. The number of nitrogens with zero attached hydrogens (tertiary/aromatic N) is 2. The second kappa shape index (κ2) is 8.57. The van der Waals surface area contributed by atoms with Crippen molar-refractivity contribution in [1.29, 1.82) is 0 Å². The van der Waals surface area contributed by atoms with Crippen LogP contribution in [0.15, 0.2) is 55.1 Å². The summed E-state index contributed by atoms with van der Waals surface area (Å²) in [6.07, 6.45) is 24.3. The first-order valence-electron chi connectivity index (χ1n) is 11.6. The van der Waals surface area contributed by atoms with E-state index < -0.39 is 0 Å². The van der Waals surface area contributed by atoms with Crippen LogP contribution >= 0.6 is 0 Å². The molecule has 2 aromatic heterocycles. The number of aryl methyl sites for hydroxylation is 1. The lowest BCUT2D eigenvalue weighted by Gasteiger charge is -2.23. The fourth-order valence-electron chi connectivity index (χ4n) is 5.12. The van der Waals surface area contributed by atoms with Gasteiger partial charge in [0.2, 0.25) is 0 Å². The molecule has 0 bridgehead atoms. The van der Waals surface area contributed by atoms with Crippen LogP contribution in [-0.2, 0) is 12.8 Å². The van der Waals surface area contributed by atoms with Gasteiger partial charge in [-0.15, -0.1) is 0 Å². The number of allylic oxidation sites excluding steroid dienone is 1. The Labute approximate surface area is 174 Å². The average molecular weight is 385 g/mol. The Balaban J connectivity index is 0.000000153. The highest BCUT2D eigenvalue weighted by Gasteiger charge is 2.28. The van der Waals surface area contributed by atoms with Crippen LogP contribution in [0.4, 0.5) is 0 Å². The van der Waals surface area contributed by atoms with Gasteiger partial charge in [0, 0.05) is 6.20 Å². The van der Waals surface area contributed by atoms with Crippen LogP contribution in [0.1, 0.15) is 79.5 Å². The molecule has 0 saturated heterocycles. The van der Waals surface area contributed by atoms with Gasteiger partial charge in [-0.3, -0.25) is 0 Å². The maximum absolute atomic E-state index is 4.34. The van der Waals surface area contributed by atoms with Gasteiger partial charge in [0.1, 0.15) is 0 Å². The van der Waals surface area contributed by atoms with Gasteiger partial charge in [-0.2, -0.15) is 0 Å². The molecule has 0 spiro atoms. The number of fused-ring (bicyclic) bond motifs is 2. The summed E-state index contributed by atoms with van der Waals surface area (Å²) in [6.45, 7) is 0. The van der Waals surface area contributed by atoms with E-state index in [1.165, 1.54) is 80.9 Å². The third-order valence-electron chi connectivity index (χ3n) is 6.91. The van der Waals surface area contributed by atoms with Crippen molar-refractivity contribution < 1.29 is 0 Å². The van der Waals surface area contributed by atoms with E-state index in [4.69, 9.17) is 0 Å². The Kier molecular flexibility index (Phi) is 5.51. The van der Waals surface area contributed by atoms with Gasteiger partial charge in [0.05, 0.1) is 18.0 Å². The van der Waals surface area contributed by atoms with Crippen molar-refractivity contribution in [2.75, 3.05) is 0 Å². The minimum Gasteiger partial charge on any atom is -0.306 e. The molecule has 2 nitrogen and oxygen atoms in total. The Bertz CT molecular complexity index is 987. The van der Waals surface area contributed by atoms with Crippen LogP contribution in [0.3, 0.4) is 0 Å². The summed E-state index contributed by atoms with van der Waals surface area (Å²) in [5, 5.41) is 0. The summed E-state index contributed by atoms with van der Waals surface area (Å²) in [4.78, 5) is 4.34. The molecule has 2 fully saturated rings. The topological polar surface area (TPSA) is 17.3 Å². The molecular weight excluding hydrogens is 352 g/mol. The highest BCUT2D eigenvalue weighted by Crippen LogP contribution is 2.43. The summed E-state index contributed by atoms with van der Waals surface area (Å²) < 4.78 is 2.20. The number of pyridine rings is 1. The number of hydrogen-bond donors (Lipinski definition) is 0. The molecule has 0 N–H and O–H groups in total. The lowest BCUT2D eigenvalue weighted by Crippen LogP contribution is -2.11. The molecule has 3 aliphatic rings. The lowest BCUT2D eigenvalue weighted by molar-refractivity contribution is 0.356. The molecule has 150 valence electrons. The van der Waals surface area contributed by atoms with Gasteiger partial charge in [0.15, 0.2) is 0 Å². The first-order chi connectivity index (χ1) is 14.4. The normalized spacial score (nSPS) is 18.9. The highest BCUT2D eigenvalue weighted by molar-refractivity contribution is 5.58. The fourth-order valence-corrected chi connectivity index (χ4v) is 5.12. The Morgan fingerprint density at radius 1 is 0.966 bits per heavy atom. The maximum Gasteiger partial charge on any atom is 0.0992 e. The molecule has 0 amide bonds. The zero-order chi connectivity index (χ0) is 19.5. The molecule has 1 aromatic carbocycles. The fraction of sp³-hybridized carbons (Fsp3) is 0.444. The van der Waals surface area contributed by atoms with Crippen LogP contribution in [0, 0.1) is 5.92 Å². The number of aromatic nitrogens is 2. The van der Waals surface area contributed by atoms with E-state index >= 15 is 0 Å². The minimum atomic E-state index is 0.846. The van der Waals surface area contributed by atoms with E-state index in [0.717, 1.165) is 11.8 Å². The van der Waals surface area contributed by atoms with Crippen LogP contribution in [-0.4, -0.2) is 9.38 Å². The predicted octanol–water partition coefficient (Wildman–Crippen LogP) is 6.98. The molecule has 0 radical (unpaired) electrons. The predicted molar refractivity (Wildman–Crippen MR) is 121 cm³/mol. The molecule has 0 atom stereocenters. The number of rotatable bonds is 3. The molecule has 3 aliphatic carbocycles. The van der Waals surface area contributed by atoms with Crippen molar-refractivity contribution in [2.45, 2.75) is 70.1 Å². The molecule has 6 rings (SSSR count). The zero-order valence-corrected chi connectivity index (χ0v) is 17.4. The third-order valence-corrected chi connectivity index (χ3v) is 6.91. The van der Waals surface area contributed by atoms with E-state index in [1.54, 1.807) is 11.1 Å². The molecule has 2 saturated carbocycles. The second-order valence-corrected chi connectivity index (χ2v) is 9.06. The van der Waals surface area contributed by atoms with Gasteiger partial charge < -0.3 is 4.40 Å². The van der Waals surface area contributed by atoms with Crippen LogP contribution in [0.5, 0.6) is 0 Å². The van der Waals surface area contributed by atoms with Crippen molar-refractivity contribution in [3.8, 4) is 0 Å². The molecular formula is C27H32N2. The highest BCUT2D eigenvalue weighted by atomic mass is 15.0. The summed E-state index contributed by atoms with van der Waals surface area (Å²) in [5.41, 5.74) is 7.47. The molecule has 0 aliphatic heterocycles. The number of benzene rings is 1. The lowest BCUT2D eigenvalue weighted by atomic mass is 9.83. The summed E-state index contributed by atoms with van der Waals surface area (Å²) in [6, 6.07) is 10.9. The smallest absolute Gasteiger partial charge is 0.0992 e. The third kappa shape index (κ3) is 4.32. The SMILES string of the molecule is C1=Cc2ccccc2CC1.c1cn2cncc2c(CC2CCCCC2)c1C1CC1. The zero-order valence-electron chi connectivity index (χ0n) is 17.4. The average Bonchev–Trinajstić information content (AvgIpc) is 3.51. The minimum absolute atomic E-state index is 0.846. The van der Waals surface area contributed by atoms with Crippen molar-refractivity contribution >= 4 is 11.6 Å². The van der Waals surface area contributed by atoms with Gasteiger partial charge >= 0.3 is 0 Å². The van der Waals surface area contributed by atoms with Crippen molar-refractivity contribution in [2.24, 2.45) is 5.92 Å². The van der Waals surface area contributed by atoms with Crippen LogP contribution in [0.2, 0.25) is 0 Å². The largest absolute Gasteiger partial charge is 0.306 e. The standard InChI is InChI=1S/C17H22N2.C10H10/c1-2-4-13(5-3-1)10-16-15(14-6-7-14)8-9-19-12-18-11-17(16)19;1-2-6-10-8-4-3-7-9(10)5-1/h8-9,11-14H,1-7,10H2;1-3,5-7H,4,8H2. The Morgan fingerprint density at radius 2 is 1.83 bits per heavy atom. The van der Waals surface area contributed by atoms with Gasteiger partial charge in [-0.1, -0.05) is 68.5 Å². The Morgan fingerprint density at radius 3 is 2.66 bits per heavy atom. The number of imidazole rings is 1. The second-order valence-electron chi connectivity index (χ2n) is 9.06. The van der Waals surface area contributed by atoms with Crippen molar-refractivity contribution in [1.82, 2.24) is 9.38 Å². The monoisotopic (exact) mass is 384 g/mol. The van der Waals surface area contributed by atoms with Crippen LogP contribution in [0.25, 0.3) is 11.6 Å². The molecule has 29 heavy (non-hydrogen) atoms. The summed E-state index contributed by atoms with van der Waals surface area (Å²) >= 11 is 0. The first-order valence-corrected chi connectivity index (χ1v) is 11.6.